The molecule has 0 radical (unpaired) electrons. The van der Waals surface area contributed by atoms with Crippen LogP contribution in [0.3, 0.4) is 0 Å². The Hall–Kier alpha value is -0.820. The molecule has 1 fully saturated rings. The largest absolute Gasteiger partial charge is 0.350 e. The lowest BCUT2D eigenvalue weighted by atomic mass is 10.0. The number of halogens is 3. The number of carbonyl (C=O) groups excluding carboxylic acids is 1. The number of amides is 1. The van der Waals surface area contributed by atoms with Crippen molar-refractivity contribution in [2.45, 2.75) is 25.8 Å². The average Bonchev–Trinajstić information content (AvgIpc) is 3.11. The van der Waals surface area contributed by atoms with Gasteiger partial charge in [0.2, 0.25) is 5.91 Å². The second-order valence-corrected chi connectivity index (χ2v) is 6.43. The van der Waals surface area contributed by atoms with Crippen LogP contribution in [0.2, 0.25) is 0 Å². The van der Waals surface area contributed by atoms with Crippen LogP contribution in [0.4, 0.5) is 0 Å². The number of hydrogen-bond donors (Lipinski definition) is 2. The molecule has 5 nitrogen and oxygen atoms in total. The highest BCUT2D eigenvalue weighted by molar-refractivity contribution is 9.10. The molecule has 2 aromatic heterocycles. The van der Waals surface area contributed by atoms with Crippen molar-refractivity contribution in [3.8, 4) is 0 Å². The molecule has 2 aromatic rings. The van der Waals surface area contributed by atoms with Gasteiger partial charge in [-0.15, -0.1) is 24.8 Å². The second kappa shape index (κ2) is 9.47. The molecule has 1 aliphatic rings. The number of pyridine rings is 1. The third kappa shape index (κ3) is 5.64. The topological polar surface area (TPSA) is 58.4 Å². The Labute approximate surface area is 156 Å². The van der Waals surface area contributed by atoms with Crippen LogP contribution in [0, 0.1) is 5.92 Å². The predicted molar refractivity (Wildman–Crippen MR) is 99.4 cm³/mol. The van der Waals surface area contributed by atoms with Crippen LogP contribution in [0.25, 0.3) is 5.65 Å². The van der Waals surface area contributed by atoms with E-state index in [0.717, 1.165) is 35.3 Å². The Morgan fingerprint density at radius 3 is 2.96 bits per heavy atom. The lowest BCUT2D eigenvalue weighted by molar-refractivity contribution is -0.121. The van der Waals surface area contributed by atoms with Crippen molar-refractivity contribution in [1.29, 1.82) is 0 Å². The van der Waals surface area contributed by atoms with Crippen LogP contribution in [-0.2, 0) is 11.3 Å². The Balaban J connectivity index is 0.00000132. The highest BCUT2D eigenvalue weighted by Crippen LogP contribution is 2.14. The Kier molecular flexibility index (Phi) is 8.33. The maximum absolute atomic E-state index is 11.9. The molecule has 3 heterocycles. The van der Waals surface area contributed by atoms with Gasteiger partial charge in [-0.1, -0.05) is 0 Å². The van der Waals surface area contributed by atoms with E-state index in [-0.39, 0.29) is 30.7 Å². The minimum atomic E-state index is 0. The van der Waals surface area contributed by atoms with Crippen LogP contribution in [0.1, 0.15) is 25.0 Å². The smallest absolute Gasteiger partial charge is 0.220 e. The number of hydrogen-bond acceptors (Lipinski definition) is 3. The number of rotatable bonds is 5. The van der Waals surface area contributed by atoms with Crippen LogP contribution < -0.4 is 10.6 Å². The fourth-order valence-corrected chi connectivity index (χ4v) is 3.03. The molecule has 0 aliphatic carbocycles. The molecule has 0 aromatic carbocycles. The van der Waals surface area contributed by atoms with Crippen molar-refractivity contribution in [3.63, 3.8) is 0 Å². The molecule has 2 N–H and O–H groups in total. The Bertz CT molecular complexity index is 643. The van der Waals surface area contributed by atoms with Crippen molar-refractivity contribution >= 4 is 52.3 Å². The standard InChI is InChI=1S/C15H19BrN4O.2ClH/c16-12-2-3-14-19-13(10-20(14)9-12)8-18-15(21)4-1-11-5-6-17-7-11;;/h2-3,9-11,17H,1,4-8H2,(H,18,21);2*1H. The van der Waals surface area contributed by atoms with E-state index in [1.54, 1.807) is 0 Å². The molecule has 128 valence electrons. The second-order valence-electron chi connectivity index (χ2n) is 5.52. The van der Waals surface area contributed by atoms with Gasteiger partial charge in [-0.05, 0) is 59.9 Å². The molecule has 1 aliphatic heterocycles. The van der Waals surface area contributed by atoms with E-state index < -0.39 is 0 Å². The summed E-state index contributed by atoms with van der Waals surface area (Å²) in [4.78, 5) is 16.3. The minimum Gasteiger partial charge on any atom is -0.350 e. The molecule has 1 amide bonds. The SMILES string of the molecule is Cl.Cl.O=C(CCC1CCNC1)NCc1cn2cc(Br)ccc2n1. The molecule has 0 bridgehead atoms. The number of aromatic nitrogens is 2. The van der Waals surface area contributed by atoms with Gasteiger partial charge in [0.1, 0.15) is 5.65 Å². The van der Waals surface area contributed by atoms with Crippen molar-refractivity contribution in [2.75, 3.05) is 13.1 Å². The molecule has 0 spiro atoms. The van der Waals surface area contributed by atoms with E-state index in [0.29, 0.717) is 18.9 Å². The molecule has 0 saturated carbocycles. The molecule has 8 heteroatoms. The average molecular weight is 424 g/mol. The van der Waals surface area contributed by atoms with Gasteiger partial charge in [-0.3, -0.25) is 4.79 Å². The van der Waals surface area contributed by atoms with Gasteiger partial charge in [0.05, 0.1) is 12.2 Å². The van der Waals surface area contributed by atoms with Crippen molar-refractivity contribution in [3.05, 3.63) is 34.7 Å². The first kappa shape index (κ1) is 20.2. The van der Waals surface area contributed by atoms with Crippen molar-refractivity contribution < 1.29 is 4.79 Å². The first-order valence-electron chi connectivity index (χ1n) is 7.31. The van der Waals surface area contributed by atoms with E-state index in [9.17, 15) is 4.79 Å². The summed E-state index contributed by atoms with van der Waals surface area (Å²) in [6.45, 7) is 2.62. The van der Waals surface area contributed by atoms with E-state index in [1.807, 2.05) is 28.9 Å². The fourth-order valence-electron chi connectivity index (χ4n) is 2.68. The summed E-state index contributed by atoms with van der Waals surface area (Å²) < 4.78 is 2.96. The number of nitrogens with one attached hydrogen (secondary N) is 2. The maximum Gasteiger partial charge on any atom is 0.220 e. The molecular formula is C15H21BrCl2N4O. The third-order valence-electron chi connectivity index (χ3n) is 3.87. The van der Waals surface area contributed by atoms with E-state index >= 15 is 0 Å². The number of fused-ring (bicyclic) bond motifs is 1. The molecule has 3 rings (SSSR count). The first-order chi connectivity index (χ1) is 10.2. The summed E-state index contributed by atoms with van der Waals surface area (Å²) in [5, 5.41) is 6.28. The number of imidazole rings is 1. The Morgan fingerprint density at radius 2 is 2.22 bits per heavy atom. The lowest BCUT2D eigenvalue weighted by Crippen LogP contribution is -2.23. The zero-order chi connectivity index (χ0) is 14.7. The van der Waals surface area contributed by atoms with E-state index in [1.165, 1.54) is 6.42 Å². The normalized spacial score (nSPS) is 16.7. The minimum absolute atomic E-state index is 0. The molecule has 1 saturated heterocycles. The molecule has 23 heavy (non-hydrogen) atoms. The summed E-state index contributed by atoms with van der Waals surface area (Å²) in [5.41, 5.74) is 1.77. The maximum atomic E-state index is 11.9. The van der Waals surface area contributed by atoms with Gasteiger partial charge in [0, 0.05) is 23.3 Å². The van der Waals surface area contributed by atoms with Crippen LogP contribution in [-0.4, -0.2) is 28.4 Å². The predicted octanol–water partition coefficient (Wildman–Crippen LogP) is 2.95. The van der Waals surface area contributed by atoms with Crippen LogP contribution in [0.15, 0.2) is 29.0 Å². The highest BCUT2D eigenvalue weighted by Gasteiger charge is 2.15. The molecular weight excluding hydrogens is 403 g/mol. The van der Waals surface area contributed by atoms with Gasteiger partial charge in [0.25, 0.3) is 0 Å². The summed E-state index contributed by atoms with van der Waals surface area (Å²) in [6, 6.07) is 3.91. The van der Waals surface area contributed by atoms with Gasteiger partial charge in [0.15, 0.2) is 0 Å². The fraction of sp³-hybridized carbons (Fsp3) is 0.467. The number of nitrogens with zero attached hydrogens (tertiary/aromatic N) is 2. The molecule has 1 unspecified atom stereocenters. The Morgan fingerprint density at radius 1 is 1.39 bits per heavy atom. The summed E-state index contributed by atoms with van der Waals surface area (Å²) in [5.74, 6) is 0.767. The zero-order valence-electron chi connectivity index (χ0n) is 12.6. The lowest BCUT2D eigenvalue weighted by Gasteiger charge is -2.07. The van der Waals surface area contributed by atoms with Gasteiger partial charge in [-0.25, -0.2) is 4.98 Å². The van der Waals surface area contributed by atoms with Gasteiger partial charge in [-0.2, -0.15) is 0 Å². The van der Waals surface area contributed by atoms with Crippen LogP contribution >= 0.6 is 40.7 Å². The summed E-state index contributed by atoms with van der Waals surface area (Å²) >= 11 is 3.43. The first-order valence-corrected chi connectivity index (χ1v) is 8.10. The quantitative estimate of drug-likeness (QED) is 0.777. The highest BCUT2D eigenvalue weighted by atomic mass is 79.9. The van der Waals surface area contributed by atoms with E-state index in [4.69, 9.17) is 0 Å². The van der Waals surface area contributed by atoms with Gasteiger partial charge < -0.3 is 15.0 Å². The van der Waals surface area contributed by atoms with Crippen molar-refractivity contribution in [1.82, 2.24) is 20.0 Å². The third-order valence-corrected chi connectivity index (χ3v) is 4.34. The van der Waals surface area contributed by atoms with E-state index in [2.05, 4.69) is 31.5 Å². The van der Waals surface area contributed by atoms with Crippen LogP contribution in [0.5, 0.6) is 0 Å². The summed E-state index contributed by atoms with van der Waals surface area (Å²) in [7, 11) is 0. The van der Waals surface area contributed by atoms with Crippen molar-refractivity contribution in [2.24, 2.45) is 5.92 Å². The molecule has 1 atom stereocenters. The van der Waals surface area contributed by atoms with Gasteiger partial charge >= 0.3 is 0 Å². The number of carbonyl (C=O) groups is 1. The zero-order valence-corrected chi connectivity index (χ0v) is 15.8. The summed E-state index contributed by atoms with van der Waals surface area (Å²) in [6.07, 6.45) is 6.67. The monoisotopic (exact) mass is 422 g/mol.